The first-order chi connectivity index (χ1) is 13.0. The van der Waals surface area contributed by atoms with Gasteiger partial charge in [0.05, 0.1) is 9.79 Å². The second-order valence-electron chi connectivity index (χ2n) is 7.58. The summed E-state index contributed by atoms with van der Waals surface area (Å²) < 4.78 is 28.7. The predicted octanol–water partition coefficient (Wildman–Crippen LogP) is 3.40. The first-order valence-corrected chi connectivity index (χ1v) is 10.9. The highest BCUT2D eigenvalue weighted by Crippen LogP contribution is 2.42. The smallest absolute Gasteiger partial charge is 0.206 e. The summed E-state index contributed by atoms with van der Waals surface area (Å²) in [6.07, 6.45) is 3.33. The molecule has 2 bridgehead atoms. The van der Waals surface area contributed by atoms with Crippen molar-refractivity contribution in [2.75, 3.05) is 12.4 Å². The molecule has 1 aromatic heterocycles. The predicted molar refractivity (Wildman–Crippen MR) is 107 cm³/mol. The van der Waals surface area contributed by atoms with E-state index in [-0.39, 0.29) is 0 Å². The maximum Gasteiger partial charge on any atom is 0.206 e. The number of sulfone groups is 1. The van der Waals surface area contributed by atoms with Crippen molar-refractivity contribution in [3.05, 3.63) is 53.7 Å². The molecule has 27 heavy (non-hydrogen) atoms. The molecule has 3 heterocycles. The van der Waals surface area contributed by atoms with Crippen LogP contribution in [0.4, 0.5) is 5.69 Å². The SMILES string of the molecule is CNc1cccc(S(=O)(=O)c2ccc3c(c2)c2c(n3C)CC3CCC2N3)c1. The number of fused-ring (bicyclic) bond motifs is 6. The number of rotatable bonds is 3. The van der Waals surface area contributed by atoms with Crippen molar-refractivity contribution >= 4 is 26.4 Å². The Morgan fingerprint density at radius 3 is 2.74 bits per heavy atom. The lowest BCUT2D eigenvalue weighted by atomic mass is 9.99. The summed E-state index contributed by atoms with van der Waals surface area (Å²) in [5.74, 6) is 0. The Morgan fingerprint density at radius 1 is 1.11 bits per heavy atom. The lowest BCUT2D eigenvalue weighted by molar-refractivity contribution is 0.503. The van der Waals surface area contributed by atoms with Gasteiger partial charge in [0.25, 0.3) is 0 Å². The maximum absolute atomic E-state index is 13.2. The van der Waals surface area contributed by atoms with E-state index in [9.17, 15) is 8.42 Å². The third-order valence-electron chi connectivity index (χ3n) is 6.11. The summed E-state index contributed by atoms with van der Waals surface area (Å²) in [5.41, 5.74) is 4.54. The molecule has 2 aliphatic heterocycles. The highest BCUT2D eigenvalue weighted by Gasteiger charge is 2.36. The number of hydrogen-bond acceptors (Lipinski definition) is 4. The molecule has 1 fully saturated rings. The standard InChI is InChI=1S/C21H23N3O2S/c1-22-13-4-3-5-15(10-13)27(25,26)16-7-9-19-17(12-16)21-18-8-6-14(23-18)11-20(21)24(19)2/h3-5,7,9-10,12,14,18,22-23H,6,8,11H2,1-2H3. The zero-order chi connectivity index (χ0) is 18.8. The second-order valence-corrected chi connectivity index (χ2v) is 9.53. The minimum absolute atomic E-state index is 0.317. The molecular formula is C21H23N3O2S. The Labute approximate surface area is 159 Å². The van der Waals surface area contributed by atoms with Gasteiger partial charge in [-0.25, -0.2) is 8.42 Å². The van der Waals surface area contributed by atoms with Crippen LogP contribution >= 0.6 is 0 Å². The van der Waals surface area contributed by atoms with Crippen molar-refractivity contribution < 1.29 is 8.42 Å². The summed E-state index contributed by atoms with van der Waals surface area (Å²) in [4.78, 5) is 0.675. The van der Waals surface area contributed by atoms with Gasteiger partial charge in [0, 0.05) is 54.9 Å². The summed E-state index contributed by atoms with van der Waals surface area (Å²) in [5, 5.41) is 7.76. The van der Waals surface area contributed by atoms with Crippen LogP contribution in [0.15, 0.2) is 52.3 Å². The van der Waals surface area contributed by atoms with Gasteiger partial charge < -0.3 is 15.2 Å². The van der Waals surface area contributed by atoms with Crippen molar-refractivity contribution in [1.29, 1.82) is 0 Å². The van der Waals surface area contributed by atoms with E-state index in [1.807, 2.05) is 18.2 Å². The minimum atomic E-state index is -3.56. The normalized spacial score (nSPS) is 21.4. The molecule has 2 unspecified atom stereocenters. The molecule has 0 radical (unpaired) electrons. The molecule has 0 saturated carbocycles. The van der Waals surface area contributed by atoms with Crippen LogP contribution < -0.4 is 10.6 Å². The van der Waals surface area contributed by atoms with Crippen molar-refractivity contribution in [1.82, 2.24) is 9.88 Å². The Balaban J connectivity index is 1.69. The highest BCUT2D eigenvalue weighted by atomic mass is 32.2. The van der Waals surface area contributed by atoms with E-state index in [1.165, 1.54) is 17.7 Å². The number of nitrogens with one attached hydrogen (secondary N) is 2. The van der Waals surface area contributed by atoms with Crippen molar-refractivity contribution in [2.24, 2.45) is 7.05 Å². The number of nitrogens with zero attached hydrogens (tertiary/aromatic N) is 1. The first kappa shape index (κ1) is 16.8. The number of benzene rings is 2. The fourth-order valence-electron chi connectivity index (χ4n) is 4.70. The van der Waals surface area contributed by atoms with Crippen molar-refractivity contribution in [3.63, 3.8) is 0 Å². The summed E-state index contributed by atoms with van der Waals surface area (Å²) >= 11 is 0. The van der Waals surface area contributed by atoms with E-state index >= 15 is 0 Å². The lowest BCUT2D eigenvalue weighted by Crippen LogP contribution is -2.32. The average molecular weight is 382 g/mol. The van der Waals surface area contributed by atoms with E-state index in [1.54, 1.807) is 31.3 Å². The quantitative estimate of drug-likeness (QED) is 0.730. The molecule has 2 N–H and O–H groups in total. The number of aromatic nitrogens is 1. The van der Waals surface area contributed by atoms with E-state index in [4.69, 9.17) is 0 Å². The highest BCUT2D eigenvalue weighted by molar-refractivity contribution is 7.91. The minimum Gasteiger partial charge on any atom is -0.388 e. The van der Waals surface area contributed by atoms with Gasteiger partial charge in [-0.3, -0.25) is 0 Å². The van der Waals surface area contributed by atoms with Crippen molar-refractivity contribution in [3.8, 4) is 0 Å². The number of hydrogen-bond donors (Lipinski definition) is 2. The van der Waals surface area contributed by atoms with Crippen molar-refractivity contribution in [2.45, 2.75) is 41.1 Å². The van der Waals surface area contributed by atoms with Gasteiger partial charge in [0.1, 0.15) is 0 Å². The molecule has 2 aliphatic rings. The molecule has 5 nitrogen and oxygen atoms in total. The third-order valence-corrected chi connectivity index (χ3v) is 7.86. The number of aryl methyl sites for hydroxylation is 1. The molecule has 6 heteroatoms. The van der Waals surface area contributed by atoms with Gasteiger partial charge in [-0.05, 0) is 54.8 Å². The van der Waals surface area contributed by atoms with E-state index in [0.717, 1.165) is 29.4 Å². The Morgan fingerprint density at radius 2 is 1.93 bits per heavy atom. The van der Waals surface area contributed by atoms with E-state index in [0.29, 0.717) is 21.9 Å². The van der Waals surface area contributed by atoms with Gasteiger partial charge in [-0.15, -0.1) is 0 Å². The topological polar surface area (TPSA) is 63.1 Å². The van der Waals surface area contributed by atoms with E-state index < -0.39 is 9.84 Å². The monoisotopic (exact) mass is 381 g/mol. The maximum atomic E-state index is 13.2. The van der Waals surface area contributed by atoms with Crippen LogP contribution in [0.3, 0.4) is 0 Å². The lowest BCUT2D eigenvalue weighted by Gasteiger charge is -2.23. The molecule has 0 aliphatic carbocycles. The Kier molecular flexibility index (Phi) is 3.64. The zero-order valence-corrected chi connectivity index (χ0v) is 16.3. The number of anilines is 1. The van der Waals surface area contributed by atoms with Gasteiger partial charge in [0.15, 0.2) is 0 Å². The molecule has 2 atom stereocenters. The van der Waals surface area contributed by atoms with Gasteiger partial charge in [0.2, 0.25) is 9.84 Å². The van der Waals surface area contributed by atoms with Crippen LogP contribution in [0, 0.1) is 0 Å². The molecular weight excluding hydrogens is 358 g/mol. The molecule has 0 spiro atoms. The second kappa shape index (κ2) is 5.84. The van der Waals surface area contributed by atoms with Gasteiger partial charge in [-0.2, -0.15) is 0 Å². The average Bonchev–Trinajstić information content (AvgIpc) is 3.20. The van der Waals surface area contributed by atoms with E-state index in [2.05, 4.69) is 22.2 Å². The van der Waals surface area contributed by atoms with Gasteiger partial charge in [-0.1, -0.05) is 6.07 Å². The van der Waals surface area contributed by atoms with Crippen LogP contribution in [0.2, 0.25) is 0 Å². The molecule has 140 valence electrons. The summed E-state index contributed by atoms with van der Waals surface area (Å²) in [6.45, 7) is 0. The van der Waals surface area contributed by atoms with Crippen LogP contribution in [0.1, 0.15) is 30.1 Å². The Hall–Kier alpha value is -2.31. The fourth-order valence-corrected chi connectivity index (χ4v) is 6.04. The van der Waals surface area contributed by atoms with Crippen LogP contribution in [0.5, 0.6) is 0 Å². The largest absolute Gasteiger partial charge is 0.388 e. The van der Waals surface area contributed by atoms with Gasteiger partial charge >= 0.3 is 0 Å². The first-order valence-electron chi connectivity index (χ1n) is 9.39. The Bertz CT molecular complexity index is 1160. The molecule has 0 amide bonds. The fraction of sp³-hybridized carbons (Fsp3) is 0.333. The molecule has 5 rings (SSSR count). The van der Waals surface area contributed by atoms with Crippen LogP contribution in [-0.4, -0.2) is 26.1 Å². The molecule has 2 aromatic carbocycles. The third kappa shape index (κ3) is 2.43. The van der Waals surface area contributed by atoms with Crippen LogP contribution in [-0.2, 0) is 23.3 Å². The molecule has 1 saturated heterocycles. The molecule has 3 aromatic rings. The zero-order valence-electron chi connectivity index (χ0n) is 15.5. The van der Waals surface area contributed by atoms with Crippen LogP contribution in [0.25, 0.3) is 10.9 Å². The summed E-state index contributed by atoms with van der Waals surface area (Å²) in [7, 11) is 0.318. The summed E-state index contributed by atoms with van der Waals surface area (Å²) in [6, 6.07) is 13.4.